The Morgan fingerprint density at radius 1 is 0.347 bits per heavy atom. The molecule has 3 aliphatic rings. The molecule has 12 atom stereocenters. The van der Waals surface area contributed by atoms with E-state index in [2.05, 4.69) is 0 Å². The maximum Gasteiger partial charge on any atom is 0.187 e. The van der Waals surface area contributed by atoms with Gasteiger partial charge in [-0.2, -0.15) is 0 Å². The maximum atomic E-state index is 11.9. The van der Waals surface area contributed by atoms with Crippen LogP contribution < -0.4 is 9.47 Å². The molecule has 0 bridgehead atoms. The minimum absolute atomic E-state index is 0.104. The molecule has 0 radical (unpaired) electrons. The second-order valence-corrected chi connectivity index (χ2v) is 18.6. The summed E-state index contributed by atoms with van der Waals surface area (Å²) >= 11 is 0. The number of benzene rings is 6. The van der Waals surface area contributed by atoms with Crippen molar-refractivity contribution in [1.82, 2.24) is 0 Å². The monoisotopic (exact) mass is 1030 g/mol. The molecule has 0 saturated carbocycles. The average molecular weight is 1030 g/mol. The maximum absolute atomic E-state index is 11.9. The zero-order valence-corrected chi connectivity index (χ0v) is 42.6. The number of rotatable bonds is 28. The van der Waals surface area contributed by atoms with Gasteiger partial charge in [-0.05, 0) is 57.6 Å². The lowest BCUT2D eigenvalue weighted by Gasteiger charge is -2.29. The Labute approximate surface area is 439 Å². The van der Waals surface area contributed by atoms with Crippen LogP contribution in [0.2, 0.25) is 0 Å². The van der Waals surface area contributed by atoms with Crippen molar-refractivity contribution in [2.24, 2.45) is 0 Å². The van der Waals surface area contributed by atoms with Gasteiger partial charge >= 0.3 is 0 Å². The molecule has 6 aromatic carbocycles. The molecular formula is C60H68O15. The van der Waals surface area contributed by atoms with E-state index in [1.54, 1.807) is 14.2 Å². The third-order valence-electron chi connectivity index (χ3n) is 13.3. The van der Waals surface area contributed by atoms with E-state index in [1.807, 2.05) is 170 Å². The van der Waals surface area contributed by atoms with Crippen LogP contribution in [0.15, 0.2) is 170 Å². The van der Waals surface area contributed by atoms with Gasteiger partial charge in [0, 0.05) is 7.11 Å². The highest BCUT2D eigenvalue weighted by molar-refractivity contribution is 5.28. The van der Waals surface area contributed by atoms with Crippen LogP contribution in [0, 0.1) is 0 Å². The van der Waals surface area contributed by atoms with E-state index in [-0.39, 0.29) is 39.6 Å². The first-order chi connectivity index (χ1) is 36.9. The first kappa shape index (κ1) is 54.2. The van der Waals surface area contributed by atoms with Gasteiger partial charge < -0.3 is 71.4 Å². The summed E-state index contributed by atoms with van der Waals surface area (Å²) in [5.74, 6) is 1.51. The first-order valence-electron chi connectivity index (χ1n) is 25.4. The van der Waals surface area contributed by atoms with Gasteiger partial charge in [0.05, 0.1) is 73.7 Å². The Bertz CT molecular complexity index is 2530. The minimum Gasteiger partial charge on any atom is -0.497 e. The van der Waals surface area contributed by atoms with E-state index >= 15 is 0 Å². The van der Waals surface area contributed by atoms with Crippen LogP contribution in [0.5, 0.6) is 11.5 Å². The molecule has 3 saturated heterocycles. The Balaban J connectivity index is 0.946. The second kappa shape index (κ2) is 28.0. The van der Waals surface area contributed by atoms with Crippen LogP contribution in [0.25, 0.3) is 0 Å². The van der Waals surface area contributed by atoms with Crippen molar-refractivity contribution >= 4 is 0 Å². The Morgan fingerprint density at radius 2 is 0.693 bits per heavy atom. The van der Waals surface area contributed by atoms with E-state index in [0.29, 0.717) is 19.8 Å². The van der Waals surface area contributed by atoms with Crippen LogP contribution in [-0.2, 0) is 96.5 Å². The van der Waals surface area contributed by atoms with E-state index in [1.165, 1.54) is 7.11 Å². The Kier molecular flexibility index (Phi) is 20.2. The zero-order valence-electron chi connectivity index (χ0n) is 42.6. The molecule has 0 unspecified atom stereocenters. The molecule has 75 heavy (non-hydrogen) atoms. The number of aliphatic hydroxyl groups is 1. The topological polar surface area (TPSA) is 149 Å². The average Bonchev–Trinajstić information content (AvgIpc) is 4.09. The molecule has 3 aliphatic heterocycles. The molecule has 0 aliphatic carbocycles. The summed E-state index contributed by atoms with van der Waals surface area (Å²) in [4.78, 5) is 0. The zero-order chi connectivity index (χ0) is 51.6. The number of hydrogen-bond donors (Lipinski definition) is 1. The van der Waals surface area contributed by atoms with Crippen molar-refractivity contribution in [2.45, 2.75) is 113 Å². The summed E-state index contributed by atoms with van der Waals surface area (Å²) < 4.78 is 89.3. The smallest absolute Gasteiger partial charge is 0.187 e. The van der Waals surface area contributed by atoms with Gasteiger partial charge in [0.15, 0.2) is 18.9 Å². The van der Waals surface area contributed by atoms with Crippen LogP contribution >= 0.6 is 0 Å². The third kappa shape index (κ3) is 15.1. The van der Waals surface area contributed by atoms with E-state index in [9.17, 15) is 5.11 Å². The lowest BCUT2D eigenvalue weighted by Crippen LogP contribution is -2.46. The molecular weight excluding hydrogens is 961 g/mol. The molecule has 3 fully saturated rings. The largest absolute Gasteiger partial charge is 0.497 e. The lowest BCUT2D eigenvalue weighted by atomic mass is 10.1. The third-order valence-corrected chi connectivity index (χ3v) is 13.3. The lowest BCUT2D eigenvalue weighted by molar-refractivity contribution is -0.236. The van der Waals surface area contributed by atoms with Crippen molar-refractivity contribution in [3.8, 4) is 11.5 Å². The van der Waals surface area contributed by atoms with Gasteiger partial charge in [0.25, 0.3) is 0 Å². The highest BCUT2D eigenvalue weighted by atomic mass is 16.8. The predicted octanol–water partition coefficient (Wildman–Crippen LogP) is 8.36. The molecule has 3 heterocycles. The summed E-state index contributed by atoms with van der Waals surface area (Å²) in [7, 11) is 4.74. The molecule has 15 nitrogen and oxygen atoms in total. The van der Waals surface area contributed by atoms with Crippen LogP contribution in [-0.4, -0.2) is 120 Å². The fourth-order valence-electron chi connectivity index (χ4n) is 9.29. The summed E-state index contributed by atoms with van der Waals surface area (Å²) in [6, 6.07) is 55.0. The van der Waals surface area contributed by atoms with Gasteiger partial charge in [-0.15, -0.1) is 0 Å². The van der Waals surface area contributed by atoms with Crippen molar-refractivity contribution in [1.29, 1.82) is 0 Å². The number of ether oxygens (including phenoxy) is 14. The second-order valence-electron chi connectivity index (χ2n) is 18.6. The van der Waals surface area contributed by atoms with Gasteiger partial charge in [0.2, 0.25) is 0 Å². The Morgan fingerprint density at radius 3 is 1.09 bits per heavy atom. The minimum atomic E-state index is -1.26. The van der Waals surface area contributed by atoms with E-state index < -0.39 is 73.8 Å². The standard InChI is InChI=1S/C60H68O15/c1-62-47-28-24-45(25-29-47)32-65-38-49-54(67-34-41-16-8-4-9-17-41)56(69-36-43-20-12-6-13-21-43)59(73-49)71-40-51-53(52(61)58(64-3)72-51)75-60-57(70-37-44-22-14-7-15-23-44)55(68-35-42-18-10-5-11-19-42)50(74-60)39-66-33-46-26-30-48(63-2)31-27-46/h4-31,49-61H,32-40H2,1-3H3/t49-,50-,51-,52+,53-,54-,55-,56+,57+,58+,59+,60-/m1/s1. The molecule has 0 amide bonds. The van der Waals surface area contributed by atoms with Crippen molar-refractivity contribution in [3.05, 3.63) is 203 Å². The summed E-state index contributed by atoms with van der Waals surface area (Å²) in [5.41, 5.74) is 5.80. The van der Waals surface area contributed by atoms with Crippen molar-refractivity contribution < 1.29 is 71.4 Å². The molecule has 0 spiro atoms. The fraction of sp³-hybridized carbons (Fsp3) is 0.400. The molecule has 9 rings (SSSR count). The SMILES string of the molecule is COc1ccc(COC[C@H]2O[C@H](OC[C@H]3O[C@H](OC)[C@@H](O)[C@@H]3O[C@H]3O[C@H](COCc4ccc(OC)cc4)[C@@H](OCc4ccccc4)[C@@H]3OCc3ccccc3)[C@@H](OCc3ccccc3)[C@@H]2OCc2ccccc2)cc1. The quantitative estimate of drug-likeness (QED) is 0.0501. The number of methoxy groups -OCH3 is 3. The van der Waals surface area contributed by atoms with Gasteiger partial charge in [-0.1, -0.05) is 146 Å². The highest BCUT2D eigenvalue weighted by Gasteiger charge is 2.54. The van der Waals surface area contributed by atoms with Gasteiger partial charge in [-0.3, -0.25) is 0 Å². The van der Waals surface area contributed by atoms with Gasteiger partial charge in [0.1, 0.15) is 66.4 Å². The van der Waals surface area contributed by atoms with E-state index in [4.69, 9.17) is 66.3 Å². The van der Waals surface area contributed by atoms with Crippen molar-refractivity contribution in [2.75, 3.05) is 41.2 Å². The highest BCUT2D eigenvalue weighted by Crippen LogP contribution is 2.36. The fourth-order valence-corrected chi connectivity index (χ4v) is 9.29. The number of hydrogen-bond acceptors (Lipinski definition) is 15. The van der Waals surface area contributed by atoms with Crippen LogP contribution in [0.4, 0.5) is 0 Å². The molecule has 1 N–H and O–H groups in total. The normalized spacial score (nSPS) is 26.4. The van der Waals surface area contributed by atoms with Crippen molar-refractivity contribution in [3.63, 3.8) is 0 Å². The van der Waals surface area contributed by atoms with Crippen LogP contribution in [0.1, 0.15) is 33.4 Å². The summed E-state index contributed by atoms with van der Waals surface area (Å²) in [6.45, 7) is 1.93. The van der Waals surface area contributed by atoms with E-state index in [0.717, 1.165) is 44.9 Å². The summed E-state index contributed by atoms with van der Waals surface area (Å²) in [6.07, 6.45) is -10.3. The first-order valence-corrected chi connectivity index (χ1v) is 25.4. The predicted molar refractivity (Wildman–Crippen MR) is 275 cm³/mol. The Hall–Kier alpha value is -5.60. The molecule has 6 aromatic rings. The van der Waals surface area contributed by atoms with Gasteiger partial charge in [-0.25, -0.2) is 0 Å². The molecule has 398 valence electrons. The molecule has 15 heteroatoms. The molecule has 0 aromatic heterocycles. The van der Waals surface area contributed by atoms with Crippen LogP contribution in [0.3, 0.4) is 0 Å². The number of aliphatic hydroxyl groups excluding tert-OH is 1. The summed E-state index contributed by atoms with van der Waals surface area (Å²) in [5, 5.41) is 11.9.